The van der Waals surface area contributed by atoms with Gasteiger partial charge >= 0.3 is 0 Å². The Morgan fingerprint density at radius 1 is 1.08 bits per heavy atom. The summed E-state index contributed by atoms with van der Waals surface area (Å²) in [6, 6.07) is 13.7. The number of fused-ring (bicyclic) bond motifs is 1. The SMILES string of the molecule is NCCCCCCNC(=O)c1ccn2cc(-c3ccccc3)nc2c1. The van der Waals surface area contributed by atoms with E-state index in [4.69, 9.17) is 5.73 Å². The van der Waals surface area contributed by atoms with Crippen molar-refractivity contribution < 1.29 is 4.79 Å². The van der Waals surface area contributed by atoms with Crippen molar-refractivity contribution in [2.24, 2.45) is 5.73 Å². The summed E-state index contributed by atoms with van der Waals surface area (Å²) in [7, 11) is 0. The van der Waals surface area contributed by atoms with E-state index in [-0.39, 0.29) is 5.91 Å². The third kappa shape index (κ3) is 4.45. The minimum absolute atomic E-state index is 0.0504. The molecule has 0 fully saturated rings. The number of aromatic nitrogens is 2. The van der Waals surface area contributed by atoms with Crippen molar-refractivity contribution in [2.75, 3.05) is 13.1 Å². The van der Waals surface area contributed by atoms with E-state index in [1.807, 2.05) is 59.3 Å². The molecule has 5 heteroatoms. The van der Waals surface area contributed by atoms with Gasteiger partial charge in [0, 0.05) is 30.1 Å². The molecule has 130 valence electrons. The van der Waals surface area contributed by atoms with Crippen LogP contribution in [0.1, 0.15) is 36.0 Å². The standard InChI is InChI=1S/C20H24N4O/c21-11-6-1-2-7-12-22-20(25)17-10-13-24-15-18(23-19(24)14-17)16-8-4-3-5-9-16/h3-5,8-10,13-15H,1-2,6-7,11-12,21H2,(H,22,25). The number of hydrogen-bond donors (Lipinski definition) is 2. The average molecular weight is 336 g/mol. The van der Waals surface area contributed by atoms with Gasteiger partial charge in [0.05, 0.1) is 5.69 Å². The Kier molecular flexibility index (Phi) is 5.80. The fourth-order valence-corrected chi connectivity index (χ4v) is 2.80. The molecule has 0 aliphatic heterocycles. The third-order valence-corrected chi connectivity index (χ3v) is 4.21. The Hall–Kier alpha value is -2.66. The molecule has 0 aliphatic rings. The maximum atomic E-state index is 12.3. The van der Waals surface area contributed by atoms with Crippen molar-refractivity contribution in [2.45, 2.75) is 25.7 Å². The van der Waals surface area contributed by atoms with Gasteiger partial charge in [0.25, 0.3) is 5.91 Å². The maximum absolute atomic E-state index is 12.3. The number of carbonyl (C=O) groups is 1. The van der Waals surface area contributed by atoms with E-state index in [0.717, 1.165) is 49.1 Å². The lowest BCUT2D eigenvalue weighted by molar-refractivity contribution is 0.0953. The van der Waals surface area contributed by atoms with Gasteiger partial charge in [0.15, 0.2) is 0 Å². The van der Waals surface area contributed by atoms with Crippen LogP contribution in [0.5, 0.6) is 0 Å². The van der Waals surface area contributed by atoms with Gasteiger partial charge in [-0.15, -0.1) is 0 Å². The summed E-state index contributed by atoms with van der Waals surface area (Å²) in [6.45, 7) is 1.43. The van der Waals surface area contributed by atoms with Crippen LogP contribution in [0.4, 0.5) is 0 Å². The molecule has 25 heavy (non-hydrogen) atoms. The van der Waals surface area contributed by atoms with Crippen LogP contribution in [0.15, 0.2) is 54.9 Å². The molecule has 0 aliphatic carbocycles. The van der Waals surface area contributed by atoms with Gasteiger partial charge in [-0.25, -0.2) is 4.98 Å². The van der Waals surface area contributed by atoms with Crippen LogP contribution in [0, 0.1) is 0 Å². The van der Waals surface area contributed by atoms with Crippen LogP contribution < -0.4 is 11.1 Å². The highest BCUT2D eigenvalue weighted by atomic mass is 16.1. The number of nitrogens with zero attached hydrogens (tertiary/aromatic N) is 2. The summed E-state index contributed by atoms with van der Waals surface area (Å²) in [6.07, 6.45) is 8.10. The molecular formula is C20H24N4O. The van der Waals surface area contributed by atoms with Crippen molar-refractivity contribution in [3.05, 3.63) is 60.4 Å². The first-order valence-electron chi connectivity index (χ1n) is 8.80. The Balaban J connectivity index is 1.64. The fourth-order valence-electron chi connectivity index (χ4n) is 2.80. The number of nitrogens with two attached hydrogens (primary N) is 1. The van der Waals surface area contributed by atoms with E-state index < -0.39 is 0 Å². The summed E-state index contributed by atoms with van der Waals surface area (Å²) in [5.41, 5.74) is 8.85. The lowest BCUT2D eigenvalue weighted by Gasteiger charge is -2.05. The number of pyridine rings is 1. The van der Waals surface area contributed by atoms with E-state index in [1.54, 1.807) is 0 Å². The molecule has 5 nitrogen and oxygen atoms in total. The Bertz CT molecular complexity index is 826. The highest BCUT2D eigenvalue weighted by molar-refractivity contribution is 5.95. The predicted molar refractivity (Wildman–Crippen MR) is 100 cm³/mol. The zero-order valence-electron chi connectivity index (χ0n) is 14.3. The smallest absolute Gasteiger partial charge is 0.251 e. The normalized spacial score (nSPS) is 10.9. The first-order chi connectivity index (χ1) is 12.3. The molecule has 0 atom stereocenters. The van der Waals surface area contributed by atoms with Gasteiger partial charge in [-0.1, -0.05) is 43.2 Å². The second-order valence-electron chi connectivity index (χ2n) is 6.13. The Morgan fingerprint density at radius 2 is 1.88 bits per heavy atom. The number of rotatable bonds is 8. The minimum atomic E-state index is -0.0504. The molecule has 0 saturated heterocycles. The van der Waals surface area contributed by atoms with Crippen molar-refractivity contribution in [3.8, 4) is 11.3 Å². The molecule has 2 aromatic heterocycles. The summed E-state index contributed by atoms with van der Waals surface area (Å²) in [5, 5.41) is 2.97. The Morgan fingerprint density at radius 3 is 2.68 bits per heavy atom. The summed E-state index contributed by atoms with van der Waals surface area (Å²) in [5.74, 6) is -0.0504. The summed E-state index contributed by atoms with van der Waals surface area (Å²) < 4.78 is 1.94. The monoisotopic (exact) mass is 336 g/mol. The third-order valence-electron chi connectivity index (χ3n) is 4.21. The van der Waals surface area contributed by atoms with Crippen LogP contribution in [0.25, 0.3) is 16.9 Å². The van der Waals surface area contributed by atoms with E-state index in [9.17, 15) is 4.79 Å². The van der Waals surface area contributed by atoms with Crippen LogP contribution >= 0.6 is 0 Å². The van der Waals surface area contributed by atoms with Gasteiger partial charge < -0.3 is 15.5 Å². The van der Waals surface area contributed by atoms with Crippen LogP contribution in [0.3, 0.4) is 0 Å². The number of nitrogens with one attached hydrogen (secondary N) is 1. The second-order valence-corrected chi connectivity index (χ2v) is 6.13. The number of imidazole rings is 1. The number of unbranched alkanes of at least 4 members (excludes halogenated alkanes) is 3. The van der Waals surface area contributed by atoms with E-state index in [2.05, 4.69) is 10.3 Å². The average Bonchev–Trinajstić information content (AvgIpc) is 3.08. The lowest BCUT2D eigenvalue weighted by atomic mass is 10.2. The molecule has 0 unspecified atom stereocenters. The molecule has 2 heterocycles. The zero-order chi connectivity index (χ0) is 17.5. The summed E-state index contributed by atoms with van der Waals surface area (Å²) in [4.78, 5) is 16.9. The molecule has 1 amide bonds. The molecule has 0 radical (unpaired) electrons. The predicted octanol–water partition coefficient (Wildman–Crippen LogP) is 3.25. The first-order valence-corrected chi connectivity index (χ1v) is 8.80. The van der Waals surface area contributed by atoms with Crippen LogP contribution in [0.2, 0.25) is 0 Å². The Labute approximate surface area is 147 Å². The van der Waals surface area contributed by atoms with Crippen molar-refractivity contribution in [1.29, 1.82) is 0 Å². The topological polar surface area (TPSA) is 72.4 Å². The number of amides is 1. The quantitative estimate of drug-likeness (QED) is 0.620. The van der Waals surface area contributed by atoms with Gasteiger partial charge in [-0.05, 0) is 31.5 Å². The van der Waals surface area contributed by atoms with E-state index in [1.165, 1.54) is 0 Å². The van der Waals surface area contributed by atoms with Crippen molar-refractivity contribution in [3.63, 3.8) is 0 Å². The van der Waals surface area contributed by atoms with Gasteiger partial charge in [0.2, 0.25) is 0 Å². The number of carbonyl (C=O) groups excluding carboxylic acids is 1. The maximum Gasteiger partial charge on any atom is 0.251 e. The molecule has 0 saturated carbocycles. The van der Waals surface area contributed by atoms with E-state index in [0.29, 0.717) is 12.1 Å². The second kappa shape index (κ2) is 8.44. The molecule has 0 bridgehead atoms. The number of hydrogen-bond acceptors (Lipinski definition) is 3. The van der Waals surface area contributed by atoms with Gasteiger partial charge in [-0.3, -0.25) is 4.79 Å². The van der Waals surface area contributed by atoms with Gasteiger partial charge in [-0.2, -0.15) is 0 Å². The summed E-state index contributed by atoms with van der Waals surface area (Å²) >= 11 is 0. The first kappa shape index (κ1) is 17.2. The molecule has 1 aromatic carbocycles. The lowest BCUT2D eigenvalue weighted by Crippen LogP contribution is -2.24. The van der Waals surface area contributed by atoms with Crippen molar-refractivity contribution >= 4 is 11.6 Å². The van der Waals surface area contributed by atoms with Crippen LogP contribution in [-0.2, 0) is 0 Å². The molecule has 3 aromatic rings. The highest BCUT2D eigenvalue weighted by Gasteiger charge is 2.09. The minimum Gasteiger partial charge on any atom is -0.352 e. The van der Waals surface area contributed by atoms with Crippen molar-refractivity contribution in [1.82, 2.24) is 14.7 Å². The molecule has 3 rings (SSSR count). The van der Waals surface area contributed by atoms with E-state index >= 15 is 0 Å². The molecule has 3 N–H and O–H groups in total. The largest absolute Gasteiger partial charge is 0.352 e. The highest BCUT2D eigenvalue weighted by Crippen LogP contribution is 2.19. The zero-order valence-corrected chi connectivity index (χ0v) is 14.3. The fraction of sp³-hybridized carbons (Fsp3) is 0.300. The molecule has 0 spiro atoms. The number of benzene rings is 1. The van der Waals surface area contributed by atoms with Crippen LogP contribution in [-0.4, -0.2) is 28.4 Å². The molecular weight excluding hydrogens is 312 g/mol. The van der Waals surface area contributed by atoms with Gasteiger partial charge in [0.1, 0.15) is 5.65 Å².